The second kappa shape index (κ2) is 7.21. The van der Waals surface area contributed by atoms with Crippen molar-refractivity contribution >= 4 is 0 Å². The second-order valence-electron chi connectivity index (χ2n) is 6.25. The number of nitrogens with one attached hydrogen (secondary N) is 1. The van der Waals surface area contributed by atoms with E-state index in [0.29, 0.717) is 6.04 Å². The van der Waals surface area contributed by atoms with E-state index in [9.17, 15) is 0 Å². The van der Waals surface area contributed by atoms with Gasteiger partial charge < -0.3 is 10.2 Å². The molecular weight excluding hydrogens is 246 g/mol. The fraction of sp³-hybridized carbons (Fsp3) is 0.647. The number of likely N-dealkylation sites (N-methyl/N-ethyl adjacent to an activating group) is 1. The van der Waals surface area contributed by atoms with E-state index in [-0.39, 0.29) is 0 Å². The number of hydrogen-bond acceptors (Lipinski definition) is 3. The van der Waals surface area contributed by atoms with Gasteiger partial charge in [0.05, 0.1) is 0 Å². The lowest BCUT2D eigenvalue weighted by Gasteiger charge is -2.23. The predicted octanol–water partition coefficient (Wildman–Crippen LogP) is 2.18. The van der Waals surface area contributed by atoms with E-state index < -0.39 is 0 Å². The van der Waals surface area contributed by atoms with E-state index in [1.165, 1.54) is 24.2 Å². The summed E-state index contributed by atoms with van der Waals surface area (Å²) in [5.74, 6) is 0.755. The molecule has 2 atom stereocenters. The Bertz CT molecular complexity index is 416. The first-order chi connectivity index (χ1) is 9.61. The minimum Gasteiger partial charge on any atom is -0.313 e. The van der Waals surface area contributed by atoms with E-state index in [0.717, 1.165) is 25.6 Å². The van der Waals surface area contributed by atoms with Gasteiger partial charge in [-0.15, -0.1) is 0 Å². The lowest BCUT2D eigenvalue weighted by Crippen LogP contribution is -2.34. The van der Waals surface area contributed by atoms with Gasteiger partial charge >= 0.3 is 0 Å². The summed E-state index contributed by atoms with van der Waals surface area (Å²) in [5.41, 5.74) is 2.91. The van der Waals surface area contributed by atoms with E-state index in [1.54, 1.807) is 0 Å². The van der Waals surface area contributed by atoms with Gasteiger partial charge in [-0.2, -0.15) is 0 Å². The number of nitrogens with zero attached hydrogens (tertiary/aromatic N) is 2. The van der Waals surface area contributed by atoms with Crippen molar-refractivity contribution in [1.82, 2.24) is 15.1 Å². The monoisotopic (exact) mass is 275 g/mol. The SMILES string of the molecule is CCNCc1ccccc1CN1CC(C)C(N(C)C)C1. The second-order valence-corrected chi connectivity index (χ2v) is 6.25. The molecule has 3 heteroatoms. The van der Waals surface area contributed by atoms with Gasteiger partial charge in [-0.1, -0.05) is 38.1 Å². The van der Waals surface area contributed by atoms with Crippen LogP contribution in [-0.4, -0.2) is 49.6 Å². The summed E-state index contributed by atoms with van der Waals surface area (Å²) in [6.45, 7) is 10.0. The molecule has 0 bridgehead atoms. The quantitative estimate of drug-likeness (QED) is 0.858. The zero-order chi connectivity index (χ0) is 14.5. The largest absolute Gasteiger partial charge is 0.313 e. The maximum Gasteiger partial charge on any atom is 0.0254 e. The van der Waals surface area contributed by atoms with Crippen LogP contribution in [0.3, 0.4) is 0 Å². The minimum absolute atomic E-state index is 0.691. The summed E-state index contributed by atoms with van der Waals surface area (Å²) in [6.07, 6.45) is 0. The Morgan fingerprint density at radius 1 is 1.20 bits per heavy atom. The zero-order valence-corrected chi connectivity index (χ0v) is 13.4. The molecule has 2 unspecified atom stereocenters. The number of hydrogen-bond donors (Lipinski definition) is 1. The molecule has 0 aromatic heterocycles. The average molecular weight is 275 g/mol. The van der Waals surface area contributed by atoms with E-state index in [2.05, 4.69) is 67.3 Å². The van der Waals surface area contributed by atoms with Crippen LogP contribution < -0.4 is 5.32 Å². The van der Waals surface area contributed by atoms with E-state index >= 15 is 0 Å². The van der Waals surface area contributed by atoms with Crippen LogP contribution in [0, 0.1) is 5.92 Å². The third-order valence-corrected chi connectivity index (χ3v) is 4.39. The standard InChI is InChI=1S/C17H29N3/c1-5-18-10-15-8-6-7-9-16(15)12-20-11-14(2)17(13-20)19(3)4/h6-9,14,17-18H,5,10-13H2,1-4H3. The van der Waals surface area contributed by atoms with Crippen LogP contribution in [0.15, 0.2) is 24.3 Å². The van der Waals surface area contributed by atoms with Gasteiger partial charge in [0.15, 0.2) is 0 Å². The fourth-order valence-corrected chi connectivity index (χ4v) is 3.23. The highest BCUT2D eigenvalue weighted by Crippen LogP contribution is 2.22. The van der Waals surface area contributed by atoms with Gasteiger partial charge in [0.1, 0.15) is 0 Å². The van der Waals surface area contributed by atoms with Crippen LogP contribution >= 0.6 is 0 Å². The Kier molecular flexibility index (Phi) is 5.58. The molecule has 0 spiro atoms. The van der Waals surface area contributed by atoms with Crippen molar-refractivity contribution in [3.8, 4) is 0 Å². The third kappa shape index (κ3) is 3.81. The molecule has 20 heavy (non-hydrogen) atoms. The zero-order valence-electron chi connectivity index (χ0n) is 13.4. The number of benzene rings is 1. The summed E-state index contributed by atoms with van der Waals surface area (Å²) in [7, 11) is 4.40. The molecule has 1 aromatic rings. The van der Waals surface area contributed by atoms with Crippen molar-refractivity contribution in [3.63, 3.8) is 0 Å². The Balaban J connectivity index is 2.00. The molecule has 112 valence electrons. The van der Waals surface area contributed by atoms with Crippen molar-refractivity contribution in [3.05, 3.63) is 35.4 Å². The van der Waals surface area contributed by atoms with Gasteiger partial charge in [0.2, 0.25) is 0 Å². The van der Waals surface area contributed by atoms with Crippen LogP contribution in [0.2, 0.25) is 0 Å². The van der Waals surface area contributed by atoms with Crippen molar-refractivity contribution in [1.29, 1.82) is 0 Å². The van der Waals surface area contributed by atoms with Crippen molar-refractivity contribution in [2.24, 2.45) is 5.92 Å². The van der Waals surface area contributed by atoms with E-state index in [1.807, 2.05) is 0 Å². The lowest BCUT2D eigenvalue weighted by molar-refractivity contribution is 0.250. The first-order valence-electron chi connectivity index (χ1n) is 7.78. The summed E-state index contributed by atoms with van der Waals surface area (Å²) in [5, 5.41) is 3.44. The van der Waals surface area contributed by atoms with Crippen molar-refractivity contribution < 1.29 is 0 Å². The Morgan fingerprint density at radius 3 is 2.50 bits per heavy atom. The van der Waals surface area contributed by atoms with Crippen LogP contribution in [-0.2, 0) is 13.1 Å². The van der Waals surface area contributed by atoms with Crippen molar-refractivity contribution in [2.75, 3.05) is 33.7 Å². The Morgan fingerprint density at radius 2 is 1.90 bits per heavy atom. The average Bonchev–Trinajstić information content (AvgIpc) is 2.79. The smallest absolute Gasteiger partial charge is 0.0254 e. The highest BCUT2D eigenvalue weighted by Gasteiger charge is 2.30. The fourth-order valence-electron chi connectivity index (χ4n) is 3.23. The Labute approximate surface area is 124 Å². The van der Waals surface area contributed by atoms with Gasteiger partial charge in [-0.05, 0) is 37.7 Å². The van der Waals surface area contributed by atoms with Crippen LogP contribution in [0.5, 0.6) is 0 Å². The van der Waals surface area contributed by atoms with E-state index in [4.69, 9.17) is 0 Å². The summed E-state index contributed by atoms with van der Waals surface area (Å²) >= 11 is 0. The van der Waals surface area contributed by atoms with Crippen LogP contribution in [0.1, 0.15) is 25.0 Å². The molecule has 1 heterocycles. The molecular formula is C17H29N3. The molecule has 2 rings (SSSR count). The van der Waals surface area contributed by atoms with Crippen molar-refractivity contribution in [2.45, 2.75) is 33.0 Å². The molecule has 0 saturated carbocycles. The topological polar surface area (TPSA) is 18.5 Å². The highest BCUT2D eigenvalue weighted by atomic mass is 15.2. The Hall–Kier alpha value is -0.900. The first-order valence-corrected chi connectivity index (χ1v) is 7.78. The summed E-state index contributed by atoms with van der Waals surface area (Å²) in [4.78, 5) is 4.97. The van der Waals surface area contributed by atoms with Crippen LogP contribution in [0.25, 0.3) is 0 Å². The molecule has 0 aliphatic carbocycles. The molecule has 1 N–H and O–H groups in total. The molecule has 1 aromatic carbocycles. The number of rotatable bonds is 6. The molecule has 1 aliphatic heterocycles. The summed E-state index contributed by atoms with van der Waals surface area (Å²) < 4.78 is 0. The maximum atomic E-state index is 3.44. The normalized spacial score (nSPS) is 23.6. The molecule has 1 aliphatic rings. The van der Waals surface area contributed by atoms with Gasteiger partial charge in [-0.25, -0.2) is 0 Å². The lowest BCUT2D eigenvalue weighted by atomic mass is 10.1. The minimum atomic E-state index is 0.691. The van der Waals surface area contributed by atoms with Crippen LogP contribution in [0.4, 0.5) is 0 Å². The molecule has 1 saturated heterocycles. The highest BCUT2D eigenvalue weighted by molar-refractivity contribution is 5.27. The number of likely N-dealkylation sites (tertiary alicyclic amines) is 1. The van der Waals surface area contributed by atoms with Gasteiger partial charge in [0, 0.05) is 32.2 Å². The van der Waals surface area contributed by atoms with Gasteiger partial charge in [0.25, 0.3) is 0 Å². The predicted molar refractivity (Wildman–Crippen MR) is 85.7 cm³/mol. The molecule has 3 nitrogen and oxygen atoms in total. The molecule has 0 radical (unpaired) electrons. The van der Waals surface area contributed by atoms with Gasteiger partial charge in [-0.3, -0.25) is 4.90 Å². The molecule has 1 fully saturated rings. The summed E-state index contributed by atoms with van der Waals surface area (Å²) in [6, 6.07) is 9.52. The molecule has 0 amide bonds. The first kappa shape index (κ1) is 15.5. The maximum absolute atomic E-state index is 3.44. The third-order valence-electron chi connectivity index (χ3n) is 4.39.